The molecule has 0 unspecified atom stereocenters. The summed E-state index contributed by atoms with van der Waals surface area (Å²) in [5, 5.41) is 15.3. The minimum atomic E-state index is -0.424. The summed E-state index contributed by atoms with van der Waals surface area (Å²) in [5.41, 5.74) is 0.715. The van der Waals surface area contributed by atoms with Gasteiger partial charge in [-0.1, -0.05) is 51.9 Å². The summed E-state index contributed by atoms with van der Waals surface area (Å²) in [6, 6.07) is 6.15. The zero-order valence-corrected chi connectivity index (χ0v) is 19.9. The van der Waals surface area contributed by atoms with Crippen LogP contribution in [-0.4, -0.2) is 57.2 Å². The molecule has 0 radical (unpaired) electrons. The van der Waals surface area contributed by atoms with E-state index in [0.29, 0.717) is 23.0 Å². The molecule has 0 bridgehead atoms. The van der Waals surface area contributed by atoms with Crippen molar-refractivity contribution in [3.8, 4) is 11.5 Å². The number of aromatic nitrogens is 2. The van der Waals surface area contributed by atoms with Crippen molar-refractivity contribution >= 4 is 17.9 Å². The zero-order valence-electron chi connectivity index (χ0n) is 19.1. The first-order chi connectivity index (χ1) is 15.6. The smallest absolute Gasteiger partial charge is 0.288 e. The second kappa shape index (κ2) is 12.8. The summed E-state index contributed by atoms with van der Waals surface area (Å²) < 4.78 is 7.33. The van der Waals surface area contributed by atoms with E-state index < -0.39 is 4.92 Å². The van der Waals surface area contributed by atoms with Crippen LogP contribution >= 0.6 is 12.2 Å². The maximum absolute atomic E-state index is 10.8. The molecule has 176 valence electrons. The van der Waals surface area contributed by atoms with Crippen molar-refractivity contribution in [3.05, 3.63) is 39.2 Å². The Labute approximate surface area is 195 Å². The lowest BCUT2D eigenvalue weighted by Crippen LogP contribution is -2.47. The molecule has 3 rings (SSSR count). The SMILES string of the molecule is CCCCCCCCCCN1CCN(Cn2nc(-c3ccc([N+](=O)[O-])cc3)oc2=S)CC1. The van der Waals surface area contributed by atoms with E-state index in [9.17, 15) is 10.1 Å². The fourth-order valence-electron chi connectivity index (χ4n) is 4.05. The summed E-state index contributed by atoms with van der Waals surface area (Å²) in [5.74, 6) is 0.387. The van der Waals surface area contributed by atoms with Gasteiger partial charge in [0.2, 0.25) is 5.89 Å². The highest BCUT2D eigenvalue weighted by molar-refractivity contribution is 7.71. The van der Waals surface area contributed by atoms with Gasteiger partial charge < -0.3 is 9.32 Å². The number of rotatable bonds is 13. The monoisotopic (exact) mass is 461 g/mol. The maximum Gasteiger partial charge on any atom is 0.288 e. The Kier molecular flexibility index (Phi) is 9.83. The predicted octanol–water partition coefficient (Wildman–Crippen LogP) is 5.50. The number of piperazine rings is 1. The van der Waals surface area contributed by atoms with Gasteiger partial charge in [-0.2, -0.15) is 0 Å². The third-order valence-electron chi connectivity index (χ3n) is 6.06. The molecule has 1 aliphatic heterocycles. The number of nitro benzene ring substituents is 1. The van der Waals surface area contributed by atoms with Crippen LogP contribution in [0.1, 0.15) is 58.3 Å². The van der Waals surface area contributed by atoms with E-state index in [1.807, 2.05) is 0 Å². The van der Waals surface area contributed by atoms with Gasteiger partial charge in [-0.05, 0) is 37.3 Å². The Morgan fingerprint density at radius 2 is 1.56 bits per heavy atom. The van der Waals surface area contributed by atoms with Gasteiger partial charge in [0.1, 0.15) is 0 Å². The lowest BCUT2D eigenvalue weighted by molar-refractivity contribution is -0.384. The van der Waals surface area contributed by atoms with Crippen LogP contribution in [0.2, 0.25) is 0 Å². The summed E-state index contributed by atoms with van der Waals surface area (Å²) in [6.45, 7) is 8.15. The predicted molar refractivity (Wildman–Crippen MR) is 128 cm³/mol. The molecule has 1 aliphatic rings. The van der Waals surface area contributed by atoms with E-state index in [4.69, 9.17) is 16.6 Å². The Morgan fingerprint density at radius 3 is 2.19 bits per heavy atom. The average Bonchev–Trinajstić information content (AvgIpc) is 3.17. The minimum Gasteiger partial charge on any atom is -0.409 e. The molecule has 0 aliphatic carbocycles. The van der Waals surface area contributed by atoms with Crippen LogP contribution in [0.5, 0.6) is 0 Å². The summed E-state index contributed by atoms with van der Waals surface area (Å²) in [7, 11) is 0. The van der Waals surface area contributed by atoms with Crippen LogP contribution in [0, 0.1) is 15.0 Å². The first-order valence-corrected chi connectivity index (χ1v) is 12.2. The van der Waals surface area contributed by atoms with E-state index in [2.05, 4.69) is 21.8 Å². The van der Waals surface area contributed by atoms with Crippen molar-refractivity contribution in [1.29, 1.82) is 0 Å². The Balaban J connectivity index is 1.38. The molecule has 0 saturated carbocycles. The highest BCUT2D eigenvalue weighted by atomic mass is 32.1. The molecule has 1 aromatic heterocycles. The first-order valence-electron chi connectivity index (χ1n) is 11.8. The number of unbranched alkanes of at least 4 members (excludes halogenated alkanes) is 7. The van der Waals surface area contributed by atoms with Crippen LogP contribution in [0.25, 0.3) is 11.5 Å². The zero-order chi connectivity index (χ0) is 22.8. The number of nitro groups is 1. The van der Waals surface area contributed by atoms with Gasteiger partial charge in [0.15, 0.2) is 0 Å². The van der Waals surface area contributed by atoms with E-state index in [1.54, 1.807) is 16.8 Å². The lowest BCUT2D eigenvalue weighted by atomic mass is 10.1. The number of hydrogen-bond acceptors (Lipinski definition) is 7. The van der Waals surface area contributed by atoms with Crippen LogP contribution < -0.4 is 0 Å². The molecular weight excluding hydrogens is 426 g/mol. The fourth-order valence-corrected chi connectivity index (χ4v) is 4.23. The molecule has 1 aromatic carbocycles. The van der Waals surface area contributed by atoms with Crippen molar-refractivity contribution in [2.45, 2.75) is 65.0 Å². The van der Waals surface area contributed by atoms with E-state index >= 15 is 0 Å². The normalized spacial score (nSPS) is 15.3. The second-order valence-electron chi connectivity index (χ2n) is 8.55. The molecule has 0 atom stereocenters. The van der Waals surface area contributed by atoms with Crippen LogP contribution in [0.3, 0.4) is 0 Å². The largest absolute Gasteiger partial charge is 0.409 e. The van der Waals surface area contributed by atoms with Gasteiger partial charge in [0.25, 0.3) is 10.5 Å². The number of benzene rings is 1. The van der Waals surface area contributed by atoms with Crippen LogP contribution in [0.4, 0.5) is 5.69 Å². The molecular formula is C23H35N5O3S. The van der Waals surface area contributed by atoms with Crippen molar-refractivity contribution in [2.24, 2.45) is 0 Å². The fraction of sp³-hybridized carbons (Fsp3) is 0.652. The average molecular weight is 462 g/mol. The minimum absolute atomic E-state index is 0.0385. The topological polar surface area (TPSA) is 80.6 Å². The van der Waals surface area contributed by atoms with E-state index in [-0.39, 0.29) is 5.69 Å². The van der Waals surface area contributed by atoms with Crippen molar-refractivity contribution in [1.82, 2.24) is 19.6 Å². The Morgan fingerprint density at radius 1 is 0.969 bits per heavy atom. The van der Waals surface area contributed by atoms with Gasteiger partial charge in [-0.25, -0.2) is 4.68 Å². The van der Waals surface area contributed by atoms with Gasteiger partial charge in [-0.3, -0.25) is 15.0 Å². The van der Waals surface area contributed by atoms with Gasteiger partial charge >= 0.3 is 0 Å². The van der Waals surface area contributed by atoms with Gasteiger partial charge in [0.05, 0.1) is 11.6 Å². The highest BCUT2D eigenvalue weighted by Crippen LogP contribution is 2.21. The third kappa shape index (κ3) is 7.50. The number of nitrogens with zero attached hydrogens (tertiary/aromatic N) is 5. The Bertz CT molecular complexity index is 888. The van der Waals surface area contributed by atoms with Crippen LogP contribution in [-0.2, 0) is 6.67 Å². The third-order valence-corrected chi connectivity index (χ3v) is 6.35. The molecule has 1 saturated heterocycles. The molecule has 0 N–H and O–H groups in total. The number of non-ortho nitro benzene ring substituents is 1. The summed E-state index contributed by atoms with van der Waals surface area (Å²) >= 11 is 5.34. The molecule has 0 spiro atoms. The summed E-state index contributed by atoms with van der Waals surface area (Å²) in [6.07, 6.45) is 10.9. The molecule has 0 amide bonds. The van der Waals surface area contributed by atoms with E-state index in [1.165, 1.54) is 70.0 Å². The molecule has 1 fully saturated rings. The molecule has 2 heterocycles. The molecule has 2 aromatic rings. The number of hydrogen-bond donors (Lipinski definition) is 0. The van der Waals surface area contributed by atoms with Crippen molar-refractivity contribution in [3.63, 3.8) is 0 Å². The lowest BCUT2D eigenvalue weighted by Gasteiger charge is -2.34. The molecule has 9 heteroatoms. The standard InChI is InChI=1S/C23H35N5O3S/c1-2-3-4-5-6-7-8-9-14-25-15-17-26(18-16-25)19-27-23(32)31-22(24-27)20-10-12-21(13-11-20)28(29)30/h10-13H,2-9,14-19H2,1H3. The van der Waals surface area contributed by atoms with Crippen molar-refractivity contribution in [2.75, 3.05) is 32.7 Å². The Hall–Kier alpha value is -2.10. The quantitative estimate of drug-likeness (QED) is 0.169. The van der Waals surface area contributed by atoms with Crippen LogP contribution in [0.15, 0.2) is 28.7 Å². The first kappa shape index (κ1) is 24.5. The molecule has 32 heavy (non-hydrogen) atoms. The molecule has 8 nitrogen and oxygen atoms in total. The maximum atomic E-state index is 10.8. The van der Waals surface area contributed by atoms with Gasteiger partial charge in [0, 0.05) is 43.9 Å². The van der Waals surface area contributed by atoms with Crippen molar-refractivity contribution < 1.29 is 9.34 Å². The highest BCUT2D eigenvalue weighted by Gasteiger charge is 2.18. The van der Waals surface area contributed by atoms with Gasteiger partial charge in [-0.15, -0.1) is 5.10 Å². The van der Waals surface area contributed by atoms with E-state index in [0.717, 1.165) is 26.2 Å². The second-order valence-corrected chi connectivity index (χ2v) is 8.90. The summed E-state index contributed by atoms with van der Waals surface area (Å²) in [4.78, 5) is 15.6.